The number of rotatable bonds is 7. The highest BCUT2D eigenvalue weighted by Gasteiger charge is 2.53. The van der Waals surface area contributed by atoms with E-state index in [4.69, 9.17) is 28.4 Å². The largest absolute Gasteiger partial charge is 0.463 e. The Labute approximate surface area is 195 Å². The molecule has 3 rings (SSSR count). The van der Waals surface area contributed by atoms with Crippen LogP contribution in [0.5, 0.6) is 5.75 Å². The molecule has 1 fully saturated rings. The number of hydrogen-bond acceptors (Lipinski definition) is 11. The van der Waals surface area contributed by atoms with E-state index in [0.717, 1.165) is 26.2 Å². The molecule has 0 spiro atoms. The number of benzene rings is 1. The molecule has 2 heterocycles. The first-order chi connectivity index (χ1) is 16.2. The van der Waals surface area contributed by atoms with Crippen molar-refractivity contribution in [1.29, 1.82) is 0 Å². The first-order valence-electron chi connectivity index (χ1n) is 10.5. The van der Waals surface area contributed by atoms with Crippen LogP contribution in [0.15, 0.2) is 36.5 Å². The van der Waals surface area contributed by atoms with Gasteiger partial charge in [0, 0.05) is 39.3 Å². The Morgan fingerprint density at radius 1 is 0.824 bits per heavy atom. The molecule has 1 aromatic carbocycles. The van der Waals surface area contributed by atoms with Gasteiger partial charge in [-0.3, -0.25) is 24.2 Å². The summed E-state index contributed by atoms with van der Waals surface area (Å²) in [6.07, 6.45) is -4.73. The lowest BCUT2D eigenvalue weighted by Crippen LogP contribution is -2.63. The van der Waals surface area contributed by atoms with E-state index in [1.807, 2.05) is 12.1 Å². The number of carbonyl (C=O) groups excluding carboxylic acids is 4. The Morgan fingerprint density at radius 3 is 2.09 bits per heavy atom. The average Bonchev–Trinajstić information content (AvgIpc) is 2.75. The summed E-state index contributed by atoms with van der Waals surface area (Å²) in [6, 6.07) is 8.82. The Morgan fingerprint density at radius 2 is 1.44 bits per heavy atom. The van der Waals surface area contributed by atoms with Crippen molar-refractivity contribution in [2.75, 3.05) is 6.61 Å². The van der Waals surface area contributed by atoms with Crippen LogP contribution in [0.1, 0.15) is 27.7 Å². The molecule has 1 aliphatic rings. The van der Waals surface area contributed by atoms with E-state index in [1.54, 1.807) is 24.4 Å². The molecule has 1 aromatic heterocycles. The van der Waals surface area contributed by atoms with Crippen molar-refractivity contribution in [3.8, 4) is 5.75 Å². The lowest BCUT2D eigenvalue weighted by atomic mass is 9.98. The lowest BCUT2D eigenvalue weighted by molar-refractivity contribution is -0.288. The number of fused-ring (bicyclic) bond motifs is 1. The number of para-hydroxylation sites is 1. The van der Waals surface area contributed by atoms with Crippen LogP contribution in [0, 0.1) is 0 Å². The average molecular weight is 475 g/mol. The van der Waals surface area contributed by atoms with E-state index in [1.165, 1.54) is 6.92 Å². The topological polar surface area (TPSA) is 137 Å². The van der Waals surface area contributed by atoms with Crippen molar-refractivity contribution < 1.29 is 47.6 Å². The minimum absolute atomic E-state index is 0.305. The zero-order valence-corrected chi connectivity index (χ0v) is 19.1. The lowest BCUT2D eigenvalue weighted by Gasteiger charge is -2.43. The van der Waals surface area contributed by atoms with Crippen molar-refractivity contribution >= 4 is 34.8 Å². The van der Waals surface area contributed by atoms with Gasteiger partial charge in [0.15, 0.2) is 12.2 Å². The third-order valence-electron chi connectivity index (χ3n) is 4.79. The predicted molar refractivity (Wildman–Crippen MR) is 114 cm³/mol. The highest BCUT2D eigenvalue weighted by Crippen LogP contribution is 2.32. The zero-order valence-electron chi connectivity index (χ0n) is 19.1. The highest BCUT2D eigenvalue weighted by molar-refractivity contribution is 5.84. The number of esters is 4. The number of hydrogen-bond donors (Lipinski definition) is 0. The summed E-state index contributed by atoms with van der Waals surface area (Å²) in [5.74, 6) is -2.45. The summed E-state index contributed by atoms with van der Waals surface area (Å²) in [6.45, 7) is 4.32. The van der Waals surface area contributed by atoms with Gasteiger partial charge in [-0.2, -0.15) is 0 Å². The standard InChI is InChI=1S/C23H25NO10/c1-12(25)29-11-18-20(30-13(2)26)21(31-14(3)27)22(32-15(4)28)23(34-18)33-17-9-5-7-16-8-6-10-24-19(16)17/h5-10,18,20-23H,11H2,1-4H3/t18-,20+,21-,22+,23-/m0/s1. The van der Waals surface area contributed by atoms with Crippen LogP contribution in [0.4, 0.5) is 0 Å². The first-order valence-corrected chi connectivity index (χ1v) is 10.5. The second-order valence-corrected chi connectivity index (χ2v) is 7.52. The maximum absolute atomic E-state index is 11.9. The van der Waals surface area contributed by atoms with Crippen LogP contribution < -0.4 is 4.74 Å². The third kappa shape index (κ3) is 6.19. The normalized spacial score (nSPS) is 24.1. The Hall–Kier alpha value is -3.73. The second kappa shape index (κ2) is 10.9. The molecule has 0 unspecified atom stereocenters. The van der Waals surface area contributed by atoms with Gasteiger partial charge in [0.05, 0.1) is 0 Å². The van der Waals surface area contributed by atoms with Crippen LogP contribution in [0.25, 0.3) is 10.9 Å². The molecule has 0 amide bonds. The van der Waals surface area contributed by atoms with Gasteiger partial charge in [-0.15, -0.1) is 0 Å². The van der Waals surface area contributed by atoms with Gasteiger partial charge in [-0.05, 0) is 12.1 Å². The van der Waals surface area contributed by atoms with Gasteiger partial charge in [-0.25, -0.2) is 0 Å². The van der Waals surface area contributed by atoms with Crippen molar-refractivity contribution in [2.24, 2.45) is 0 Å². The van der Waals surface area contributed by atoms with E-state index in [-0.39, 0.29) is 6.61 Å². The van der Waals surface area contributed by atoms with Crippen molar-refractivity contribution in [2.45, 2.75) is 58.4 Å². The fourth-order valence-corrected chi connectivity index (χ4v) is 3.58. The number of nitrogens with zero attached hydrogens (tertiary/aromatic N) is 1. The van der Waals surface area contributed by atoms with Crippen LogP contribution >= 0.6 is 0 Å². The number of carbonyl (C=O) groups is 4. The summed E-state index contributed by atoms with van der Waals surface area (Å²) in [7, 11) is 0. The maximum Gasteiger partial charge on any atom is 0.303 e. The summed E-state index contributed by atoms with van der Waals surface area (Å²) in [5, 5.41) is 0.783. The number of ether oxygens (including phenoxy) is 6. The molecule has 0 aliphatic carbocycles. The minimum Gasteiger partial charge on any atom is -0.463 e. The SMILES string of the molecule is CC(=O)OC[C@@H]1O[C@H](Oc2cccc3cccnc23)[C@H](OC(C)=O)[C@@H](OC(C)=O)[C@@H]1OC(C)=O. The van der Waals surface area contributed by atoms with Gasteiger partial charge in [0.1, 0.15) is 24.0 Å². The molecular formula is C23H25NO10. The molecule has 1 aliphatic heterocycles. The smallest absolute Gasteiger partial charge is 0.303 e. The number of aromatic nitrogens is 1. The number of pyridine rings is 1. The molecule has 34 heavy (non-hydrogen) atoms. The summed E-state index contributed by atoms with van der Waals surface area (Å²) in [5.41, 5.74) is 0.512. The predicted octanol–water partition coefficient (Wildman–Crippen LogP) is 1.70. The van der Waals surface area contributed by atoms with E-state index < -0.39 is 54.6 Å². The van der Waals surface area contributed by atoms with E-state index >= 15 is 0 Å². The van der Waals surface area contributed by atoms with Gasteiger partial charge in [-0.1, -0.05) is 18.2 Å². The molecule has 0 N–H and O–H groups in total. The van der Waals surface area contributed by atoms with Gasteiger partial charge >= 0.3 is 23.9 Å². The maximum atomic E-state index is 11.9. The summed E-state index contributed by atoms with van der Waals surface area (Å²) < 4.78 is 33.2. The van der Waals surface area contributed by atoms with E-state index in [9.17, 15) is 19.2 Å². The zero-order chi connectivity index (χ0) is 24.8. The van der Waals surface area contributed by atoms with Gasteiger partial charge < -0.3 is 28.4 Å². The molecule has 182 valence electrons. The monoisotopic (exact) mass is 475 g/mol. The van der Waals surface area contributed by atoms with Crippen LogP contribution in [-0.4, -0.2) is 66.2 Å². The van der Waals surface area contributed by atoms with Gasteiger partial charge in [0.25, 0.3) is 0 Å². The first kappa shape index (κ1) is 24.9. The molecule has 0 bridgehead atoms. The fraction of sp³-hybridized carbons (Fsp3) is 0.435. The molecule has 5 atom stereocenters. The van der Waals surface area contributed by atoms with Crippen molar-refractivity contribution in [3.05, 3.63) is 36.5 Å². The Balaban J connectivity index is 2.03. The third-order valence-corrected chi connectivity index (χ3v) is 4.79. The molecule has 11 nitrogen and oxygen atoms in total. The van der Waals surface area contributed by atoms with Gasteiger partial charge in [0.2, 0.25) is 12.4 Å². The molecule has 11 heteroatoms. The molecular weight excluding hydrogens is 450 g/mol. The Kier molecular flexibility index (Phi) is 8.00. The molecule has 1 saturated heterocycles. The fourth-order valence-electron chi connectivity index (χ4n) is 3.58. The van der Waals surface area contributed by atoms with Crippen molar-refractivity contribution in [1.82, 2.24) is 4.98 Å². The molecule has 2 aromatic rings. The van der Waals surface area contributed by atoms with E-state index in [0.29, 0.717) is 11.3 Å². The Bertz CT molecular complexity index is 1070. The van der Waals surface area contributed by atoms with Crippen LogP contribution in [0.2, 0.25) is 0 Å². The summed E-state index contributed by atoms with van der Waals surface area (Å²) in [4.78, 5) is 51.4. The van der Waals surface area contributed by atoms with E-state index in [2.05, 4.69) is 4.98 Å². The van der Waals surface area contributed by atoms with Crippen LogP contribution in [-0.2, 0) is 42.9 Å². The minimum atomic E-state index is -1.33. The quantitative estimate of drug-likeness (QED) is 0.427. The molecule has 0 saturated carbocycles. The van der Waals surface area contributed by atoms with Crippen molar-refractivity contribution in [3.63, 3.8) is 0 Å². The molecule has 0 radical (unpaired) electrons. The summed E-state index contributed by atoms with van der Waals surface area (Å²) >= 11 is 0. The second-order valence-electron chi connectivity index (χ2n) is 7.52. The highest BCUT2D eigenvalue weighted by atomic mass is 16.7. The van der Waals surface area contributed by atoms with Crippen LogP contribution in [0.3, 0.4) is 0 Å².